The van der Waals surface area contributed by atoms with Crippen LogP contribution in [0.1, 0.15) is 10.8 Å². The maximum atomic E-state index is 8.32. The summed E-state index contributed by atoms with van der Waals surface area (Å²) >= 11 is 1.24. The van der Waals surface area contributed by atoms with E-state index in [9.17, 15) is 0 Å². The second-order valence-corrected chi connectivity index (χ2v) is 2.36. The number of aryl methyl sites for hydroxylation is 1. The fraction of sp³-hybridized carbons (Fsp3) is 0.333. The van der Waals surface area contributed by atoms with E-state index < -0.39 is 0 Å². The van der Waals surface area contributed by atoms with Crippen LogP contribution in [-0.2, 0) is 0 Å². The summed E-state index contributed by atoms with van der Waals surface area (Å²) in [7, 11) is 0. The lowest BCUT2D eigenvalue weighted by atomic mass is 10.6. The molecule has 0 aliphatic rings. The minimum atomic E-state index is -0.126. The molecule has 0 saturated heterocycles. The van der Waals surface area contributed by atoms with E-state index in [1.807, 2.05) is 0 Å². The SMILES string of the molecule is Cc1nsc(C#CCO)n1. The Hall–Kier alpha value is -0.920. The highest BCUT2D eigenvalue weighted by atomic mass is 32.1. The molecule has 52 valence electrons. The van der Waals surface area contributed by atoms with Crippen molar-refractivity contribution in [2.75, 3.05) is 6.61 Å². The summed E-state index contributed by atoms with van der Waals surface area (Å²) in [6.45, 7) is 1.68. The molecule has 0 unspecified atom stereocenters. The molecule has 4 heteroatoms. The van der Waals surface area contributed by atoms with Crippen LogP contribution in [-0.4, -0.2) is 21.1 Å². The molecule has 0 atom stereocenters. The van der Waals surface area contributed by atoms with Gasteiger partial charge in [0.1, 0.15) is 12.4 Å². The maximum Gasteiger partial charge on any atom is 0.186 e. The normalized spacial score (nSPS) is 8.60. The second kappa shape index (κ2) is 3.30. The van der Waals surface area contributed by atoms with Crippen LogP contribution in [0.4, 0.5) is 0 Å². The molecule has 1 heterocycles. The number of rotatable bonds is 0. The zero-order valence-electron chi connectivity index (χ0n) is 5.46. The Bertz CT molecular complexity index is 271. The molecular weight excluding hydrogens is 148 g/mol. The quantitative estimate of drug-likeness (QED) is 0.542. The van der Waals surface area contributed by atoms with Crippen LogP contribution >= 0.6 is 11.5 Å². The Kier molecular flexibility index (Phi) is 2.37. The van der Waals surface area contributed by atoms with Crippen molar-refractivity contribution in [3.05, 3.63) is 10.8 Å². The fourth-order valence-electron chi connectivity index (χ4n) is 0.463. The number of aromatic nitrogens is 2. The van der Waals surface area contributed by atoms with Gasteiger partial charge < -0.3 is 5.11 Å². The third-order valence-corrected chi connectivity index (χ3v) is 1.52. The Morgan fingerprint density at radius 2 is 2.50 bits per heavy atom. The van der Waals surface area contributed by atoms with Gasteiger partial charge in [-0.3, -0.25) is 0 Å². The lowest BCUT2D eigenvalue weighted by Crippen LogP contribution is -1.75. The van der Waals surface area contributed by atoms with E-state index in [0.717, 1.165) is 5.82 Å². The summed E-state index contributed by atoms with van der Waals surface area (Å²) in [5.74, 6) is 5.88. The van der Waals surface area contributed by atoms with Crippen LogP contribution in [0, 0.1) is 18.8 Å². The van der Waals surface area contributed by atoms with E-state index in [0.29, 0.717) is 5.01 Å². The largest absolute Gasteiger partial charge is 0.384 e. The van der Waals surface area contributed by atoms with E-state index in [1.165, 1.54) is 11.5 Å². The van der Waals surface area contributed by atoms with Gasteiger partial charge in [0, 0.05) is 0 Å². The molecular formula is C6H6N2OS. The minimum Gasteiger partial charge on any atom is -0.384 e. The Morgan fingerprint density at radius 1 is 1.70 bits per heavy atom. The number of aliphatic hydroxyl groups is 1. The van der Waals surface area contributed by atoms with Crippen LogP contribution in [0.25, 0.3) is 0 Å². The van der Waals surface area contributed by atoms with Crippen molar-refractivity contribution in [2.24, 2.45) is 0 Å². The highest BCUT2D eigenvalue weighted by Crippen LogP contribution is 1.99. The van der Waals surface area contributed by atoms with Gasteiger partial charge in [-0.25, -0.2) is 4.98 Å². The molecule has 1 aromatic heterocycles. The first-order valence-corrected chi connectivity index (χ1v) is 3.50. The van der Waals surface area contributed by atoms with Gasteiger partial charge >= 0.3 is 0 Å². The molecule has 0 bridgehead atoms. The summed E-state index contributed by atoms with van der Waals surface area (Å²) in [5, 5.41) is 8.98. The zero-order chi connectivity index (χ0) is 7.40. The fourth-order valence-corrected chi connectivity index (χ4v) is 1.01. The summed E-state index contributed by atoms with van der Waals surface area (Å²) < 4.78 is 3.92. The Morgan fingerprint density at radius 3 is 3.00 bits per heavy atom. The van der Waals surface area contributed by atoms with Crippen LogP contribution in [0.2, 0.25) is 0 Å². The predicted octanol–water partition coefficient (Wildman–Crippen LogP) is 0.190. The first-order valence-electron chi connectivity index (χ1n) is 2.73. The predicted molar refractivity (Wildman–Crippen MR) is 38.6 cm³/mol. The summed E-state index contributed by atoms with van der Waals surface area (Å²) in [4.78, 5) is 3.97. The lowest BCUT2D eigenvalue weighted by Gasteiger charge is -1.71. The van der Waals surface area contributed by atoms with Gasteiger partial charge in [0.25, 0.3) is 0 Å². The number of nitrogens with zero attached hydrogens (tertiary/aromatic N) is 2. The molecule has 0 saturated carbocycles. The molecule has 0 aliphatic heterocycles. The van der Waals surface area contributed by atoms with Gasteiger partial charge in [-0.1, -0.05) is 5.92 Å². The average Bonchev–Trinajstić information content (AvgIpc) is 2.31. The highest BCUT2D eigenvalue weighted by Gasteiger charge is 1.92. The molecule has 1 aromatic rings. The second-order valence-electron chi connectivity index (χ2n) is 1.61. The number of hydrogen-bond acceptors (Lipinski definition) is 4. The van der Waals surface area contributed by atoms with Crippen LogP contribution in [0.15, 0.2) is 0 Å². The standard InChI is InChI=1S/C6H6N2OS/c1-5-7-6(10-8-5)3-2-4-9/h9H,4H2,1H3. The molecule has 0 aromatic carbocycles. The average molecular weight is 154 g/mol. The van der Waals surface area contributed by atoms with Gasteiger partial charge in [-0.2, -0.15) is 4.37 Å². The number of hydrogen-bond donors (Lipinski definition) is 1. The summed E-state index contributed by atoms with van der Waals surface area (Å²) in [6.07, 6.45) is 0. The first kappa shape index (κ1) is 7.19. The minimum absolute atomic E-state index is 0.126. The smallest absolute Gasteiger partial charge is 0.186 e. The monoisotopic (exact) mass is 154 g/mol. The number of aliphatic hydroxyl groups excluding tert-OH is 1. The van der Waals surface area contributed by atoms with Crippen molar-refractivity contribution in [3.63, 3.8) is 0 Å². The third kappa shape index (κ3) is 1.79. The van der Waals surface area contributed by atoms with E-state index in [-0.39, 0.29) is 6.61 Å². The van der Waals surface area contributed by atoms with Crippen LogP contribution in [0.3, 0.4) is 0 Å². The summed E-state index contributed by atoms with van der Waals surface area (Å²) in [6, 6.07) is 0. The first-order chi connectivity index (χ1) is 4.83. The molecule has 10 heavy (non-hydrogen) atoms. The van der Waals surface area contributed by atoms with Gasteiger partial charge in [0.2, 0.25) is 0 Å². The van der Waals surface area contributed by atoms with Gasteiger partial charge in [-0.15, -0.1) is 0 Å². The molecule has 0 amide bonds. The van der Waals surface area contributed by atoms with Crippen molar-refractivity contribution < 1.29 is 5.11 Å². The Balaban J connectivity index is 2.76. The Labute approximate surface area is 62.9 Å². The van der Waals surface area contributed by atoms with Crippen LogP contribution < -0.4 is 0 Å². The van der Waals surface area contributed by atoms with E-state index >= 15 is 0 Å². The molecule has 3 nitrogen and oxygen atoms in total. The van der Waals surface area contributed by atoms with Crippen molar-refractivity contribution in [1.82, 2.24) is 9.36 Å². The summed E-state index contributed by atoms with van der Waals surface area (Å²) in [5.41, 5.74) is 0. The molecule has 0 spiro atoms. The zero-order valence-corrected chi connectivity index (χ0v) is 6.27. The van der Waals surface area contributed by atoms with Crippen molar-refractivity contribution >= 4 is 11.5 Å². The third-order valence-electron chi connectivity index (χ3n) is 0.802. The van der Waals surface area contributed by atoms with E-state index in [4.69, 9.17) is 5.11 Å². The van der Waals surface area contributed by atoms with Gasteiger partial charge in [-0.05, 0) is 24.4 Å². The van der Waals surface area contributed by atoms with Gasteiger partial charge in [0.05, 0.1) is 0 Å². The molecule has 1 rings (SSSR count). The molecule has 0 radical (unpaired) electrons. The van der Waals surface area contributed by atoms with E-state index in [1.54, 1.807) is 6.92 Å². The molecule has 0 fully saturated rings. The highest BCUT2D eigenvalue weighted by molar-refractivity contribution is 7.06. The molecule has 1 N–H and O–H groups in total. The lowest BCUT2D eigenvalue weighted by molar-refractivity contribution is 0.350. The van der Waals surface area contributed by atoms with Crippen molar-refractivity contribution in [3.8, 4) is 11.8 Å². The maximum absolute atomic E-state index is 8.32. The van der Waals surface area contributed by atoms with Gasteiger partial charge in [0.15, 0.2) is 5.01 Å². The van der Waals surface area contributed by atoms with Crippen molar-refractivity contribution in [2.45, 2.75) is 6.92 Å². The topological polar surface area (TPSA) is 46.0 Å². The van der Waals surface area contributed by atoms with Crippen molar-refractivity contribution in [1.29, 1.82) is 0 Å². The van der Waals surface area contributed by atoms with E-state index in [2.05, 4.69) is 21.2 Å². The van der Waals surface area contributed by atoms with Crippen LogP contribution in [0.5, 0.6) is 0 Å². The molecule has 0 aliphatic carbocycles.